The highest BCUT2D eigenvalue weighted by molar-refractivity contribution is 9.10. The normalized spacial score (nSPS) is 10.6. The number of anilines is 2. The summed E-state index contributed by atoms with van der Waals surface area (Å²) in [5.74, 6) is 0.542. The van der Waals surface area contributed by atoms with Gasteiger partial charge in [0.25, 0.3) is 0 Å². The quantitative estimate of drug-likeness (QED) is 0.767. The second-order valence-corrected chi connectivity index (χ2v) is 6.25. The number of hydrogen-bond donors (Lipinski definition) is 2. The number of thiocarbonyl (C=S) groups is 1. The van der Waals surface area contributed by atoms with E-state index < -0.39 is 0 Å². The standard InChI is InChI=1S/C16H17BrN2S/c1-10(2)11-3-6-13(7-4-11)19-15-8-5-12(16(18)20)9-14(15)17/h3-10,19H,1-2H3,(H2,18,20). The number of hydrogen-bond acceptors (Lipinski definition) is 2. The molecule has 0 unspecified atom stereocenters. The molecule has 0 aliphatic rings. The molecule has 0 radical (unpaired) electrons. The van der Waals surface area contributed by atoms with Gasteiger partial charge in [0.1, 0.15) is 4.99 Å². The Balaban J connectivity index is 2.19. The molecule has 0 aliphatic carbocycles. The van der Waals surface area contributed by atoms with Gasteiger partial charge in [-0.2, -0.15) is 0 Å². The first-order valence-electron chi connectivity index (χ1n) is 6.43. The van der Waals surface area contributed by atoms with Crippen molar-refractivity contribution in [1.82, 2.24) is 0 Å². The summed E-state index contributed by atoms with van der Waals surface area (Å²) in [6.07, 6.45) is 0. The molecule has 2 aromatic carbocycles. The van der Waals surface area contributed by atoms with Crippen LogP contribution in [0.5, 0.6) is 0 Å². The van der Waals surface area contributed by atoms with Gasteiger partial charge in [0.15, 0.2) is 0 Å². The van der Waals surface area contributed by atoms with Gasteiger partial charge in [-0.1, -0.05) is 38.2 Å². The molecule has 104 valence electrons. The Morgan fingerprint density at radius 1 is 1.15 bits per heavy atom. The molecule has 0 bridgehead atoms. The monoisotopic (exact) mass is 348 g/mol. The largest absolute Gasteiger partial charge is 0.389 e. The van der Waals surface area contributed by atoms with Crippen molar-refractivity contribution < 1.29 is 0 Å². The number of halogens is 1. The molecule has 0 aromatic heterocycles. The van der Waals surface area contributed by atoms with Crippen LogP contribution in [0.1, 0.15) is 30.9 Å². The van der Waals surface area contributed by atoms with Crippen LogP contribution in [0.3, 0.4) is 0 Å². The van der Waals surface area contributed by atoms with Crippen molar-refractivity contribution in [2.45, 2.75) is 19.8 Å². The highest BCUT2D eigenvalue weighted by atomic mass is 79.9. The molecule has 2 nitrogen and oxygen atoms in total. The van der Waals surface area contributed by atoms with Crippen molar-refractivity contribution in [3.8, 4) is 0 Å². The zero-order chi connectivity index (χ0) is 14.7. The molecule has 4 heteroatoms. The molecule has 2 rings (SSSR count). The van der Waals surface area contributed by atoms with Crippen LogP contribution in [-0.4, -0.2) is 4.99 Å². The minimum atomic E-state index is 0.401. The summed E-state index contributed by atoms with van der Waals surface area (Å²) in [6.45, 7) is 4.38. The first kappa shape index (κ1) is 15.0. The van der Waals surface area contributed by atoms with E-state index in [2.05, 4.69) is 59.4 Å². The summed E-state index contributed by atoms with van der Waals surface area (Å²) < 4.78 is 0.940. The van der Waals surface area contributed by atoms with E-state index in [-0.39, 0.29) is 0 Å². The Bertz CT molecular complexity index is 621. The molecule has 20 heavy (non-hydrogen) atoms. The predicted molar refractivity (Wildman–Crippen MR) is 93.8 cm³/mol. The van der Waals surface area contributed by atoms with E-state index >= 15 is 0 Å². The van der Waals surface area contributed by atoms with Crippen molar-refractivity contribution in [2.24, 2.45) is 5.73 Å². The average molecular weight is 349 g/mol. The Kier molecular flexibility index (Phi) is 4.78. The van der Waals surface area contributed by atoms with Crippen LogP contribution < -0.4 is 11.1 Å². The summed E-state index contributed by atoms with van der Waals surface area (Å²) >= 11 is 8.50. The first-order chi connectivity index (χ1) is 9.47. The molecule has 0 saturated carbocycles. The van der Waals surface area contributed by atoms with Crippen LogP contribution in [0.2, 0.25) is 0 Å². The van der Waals surface area contributed by atoms with E-state index in [0.29, 0.717) is 10.9 Å². The lowest BCUT2D eigenvalue weighted by Crippen LogP contribution is -2.09. The fourth-order valence-corrected chi connectivity index (χ4v) is 2.48. The number of nitrogens with one attached hydrogen (secondary N) is 1. The molecule has 0 fully saturated rings. The van der Waals surface area contributed by atoms with E-state index in [1.807, 2.05) is 18.2 Å². The summed E-state index contributed by atoms with van der Waals surface area (Å²) in [5.41, 5.74) is 9.85. The van der Waals surface area contributed by atoms with Crippen LogP contribution in [0.4, 0.5) is 11.4 Å². The van der Waals surface area contributed by atoms with Gasteiger partial charge in [-0.3, -0.25) is 0 Å². The predicted octanol–water partition coefficient (Wildman–Crippen LogP) is 4.95. The second-order valence-electron chi connectivity index (χ2n) is 4.96. The third-order valence-electron chi connectivity index (χ3n) is 3.11. The Morgan fingerprint density at radius 3 is 2.30 bits per heavy atom. The summed E-state index contributed by atoms with van der Waals surface area (Å²) in [5, 5.41) is 3.37. The van der Waals surface area contributed by atoms with Crippen LogP contribution in [-0.2, 0) is 0 Å². The fourth-order valence-electron chi connectivity index (χ4n) is 1.88. The molecule has 0 spiro atoms. The third kappa shape index (κ3) is 3.58. The molecule has 0 amide bonds. The molecule has 2 aromatic rings. The van der Waals surface area contributed by atoms with E-state index in [4.69, 9.17) is 18.0 Å². The van der Waals surface area contributed by atoms with Gasteiger partial charge in [-0.25, -0.2) is 0 Å². The van der Waals surface area contributed by atoms with Crippen molar-refractivity contribution in [3.05, 3.63) is 58.1 Å². The van der Waals surface area contributed by atoms with Gasteiger partial charge in [0.2, 0.25) is 0 Å². The molecule has 0 saturated heterocycles. The highest BCUT2D eigenvalue weighted by Gasteiger charge is 2.04. The van der Waals surface area contributed by atoms with Gasteiger partial charge in [0.05, 0.1) is 5.69 Å². The van der Waals surface area contributed by atoms with Gasteiger partial charge in [0, 0.05) is 15.7 Å². The smallest absolute Gasteiger partial charge is 0.104 e. The molecule has 0 aliphatic heterocycles. The van der Waals surface area contributed by atoms with Gasteiger partial charge in [-0.05, 0) is 57.7 Å². The minimum Gasteiger partial charge on any atom is -0.389 e. The Labute approximate surface area is 133 Å². The maximum atomic E-state index is 5.62. The van der Waals surface area contributed by atoms with Crippen LogP contribution >= 0.6 is 28.1 Å². The van der Waals surface area contributed by atoms with E-state index in [9.17, 15) is 0 Å². The molecule has 0 heterocycles. The first-order valence-corrected chi connectivity index (χ1v) is 7.64. The van der Waals surface area contributed by atoms with E-state index in [1.54, 1.807) is 0 Å². The van der Waals surface area contributed by atoms with Gasteiger partial charge >= 0.3 is 0 Å². The third-order valence-corrected chi connectivity index (χ3v) is 4.00. The maximum Gasteiger partial charge on any atom is 0.104 e. The summed E-state index contributed by atoms with van der Waals surface area (Å²) in [7, 11) is 0. The highest BCUT2D eigenvalue weighted by Crippen LogP contribution is 2.27. The van der Waals surface area contributed by atoms with Crippen LogP contribution in [0.15, 0.2) is 46.9 Å². The second kappa shape index (κ2) is 6.37. The maximum absolute atomic E-state index is 5.62. The summed E-state index contributed by atoms with van der Waals surface area (Å²) in [4.78, 5) is 0.401. The number of nitrogens with two attached hydrogens (primary N) is 1. The van der Waals surface area contributed by atoms with E-state index in [0.717, 1.165) is 21.4 Å². The lowest BCUT2D eigenvalue weighted by molar-refractivity contribution is 0.867. The lowest BCUT2D eigenvalue weighted by Gasteiger charge is -2.11. The molecule has 0 atom stereocenters. The number of benzene rings is 2. The topological polar surface area (TPSA) is 38.0 Å². The van der Waals surface area contributed by atoms with Gasteiger partial charge in [-0.15, -0.1) is 0 Å². The van der Waals surface area contributed by atoms with Crippen LogP contribution in [0.25, 0.3) is 0 Å². The number of rotatable bonds is 4. The van der Waals surface area contributed by atoms with Crippen molar-refractivity contribution in [3.63, 3.8) is 0 Å². The zero-order valence-corrected chi connectivity index (χ0v) is 13.9. The fraction of sp³-hybridized carbons (Fsp3) is 0.188. The zero-order valence-electron chi connectivity index (χ0n) is 11.5. The molecular formula is C16H17BrN2S. The van der Waals surface area contributed by atoms with Gasteiger partial charge < -0.3 is 11.1 Å². The van der Waals surface area contributed by atoms with Crippen molar-refractivity contribution in [1.29, 1.82) is 0 Å². The van der Waals surface area contributed by atoms with Crippen molar-refractivity contribution in [2.75, 3.05) is 5.32 Å². The Hall–Kier alpha value is -1.39. The molecular weight excluding hydrogens is 332 g/mol. The summed E-state index contributed by atoms with van der Waals surface area (Å²) in [6, 6.07) is 14.3. The average Bonchev–Trinajstić information content (AvgIpc) is 2.41. The SMILES string of the molecule is CC(C)c1ccc(Nc2ccc(C(N)=S)cc2Br)cc1. The lowest BCUT2D eigenvalue weighted by atomic mass is 10.0. The Morgan fingerprint density at radius 2 is 1.80 bits per heavy atom. The van der Waals surface area contributed by atoms with E-state index in [1.165, 1.54) is 5.56 Å². The molecule has 3 N–H and O–H groups in total. The minimum absolute atomic E-state index is 0.401. The van der Waals surface area contributed by atoms with Crippen LogP contribution in [0, 0.1) is 0 Å². The van der Waals surface area contributed by atoms with Crippen molar-refractivity contribution >= 4 is 44.5 Å².